The molecule has 1 aromatic carbocycles. The first-order valence-electron chi connectivity index (χ1n) is 5.96. The van der Waals surface area contributed by atoms with Gasteiger partial charge in [-0.25, -0.2) is 9.48 Å². The molecule has 0 atom stereocenters. The Labute approximate surface area is 114 Å². The highest BCUT2D eigenvalue weighted by molar-refractivity contribution is 5.88. The molecule has 0 spiro atoms. The fourth-order valence-corrected chi connectivity index (χ4v) is 1.91. The van der Waals surface area contributed by atoms with Crippen molar-refractivity contribution in [3.8, 4) is 17.1 Å². The number of aryl methyl sites for hydroxylation is 1. The summed E-state index contributed by atoms with van der Waals surface area (Å²) >= 11 is 0. The number of aromatic nitrogens is 3. The van der Waals surface area contributed by atoms with Crippen LogP contribution in [-0.2, 0) is 0 Å². The van der Waals surface area contributed by atoms with E-state index in [4.69, 9.17) is 9.52 Å². The maximum atomic E-state index is 11.0. The van der Waals surface area contributed by atoms with E-state index in [0.29, 0.717) is 17.1 Å². The van der Waals surface area contributed by atoms with E-state index in [9.17, 15) is 4.79 Å². The smallest absolute Gasteiger partial charge is 0.335 e. The van der Waals surface area contributed by atoms with Gasteiger partial charge in [0.2, 0.25) is 0 Å². The van der Waals surface area contributed by atoms with Crippen molar-refractivity contribution in [3.05, 3.63) is 53.9 Å². The van der Waals surface area contributed by atoms with Crippen LogP contribution in [0.1, 0.15) is 15.9 Å². The quantitative estimate of drug-likeness (QED) is 0.790. The lowest BCUT2D eigenvalue weighted by Crippen LogP contribution is -2.02. The molecule has 0 unspecified atom stereocenters. The normalized spacial score (nSPS) is 10.7. The van der Waals surface area contributed by atoms with E-state index in [0.717, 1.165) is 5.56 Å². The summed E-state index contributed by atoms with van der Waals surface area (Å²) in [6.07, 6.45) is 3.26. The number of carboxylic acid groups (broad SMARTS) is 1. The van der Waals surface area contributed by atoms with Gasteiger partial charge in [-0.1, -0.05) is 11.3 Å². The number of furan rings is 1. The van der Waals surface area contributed by atoms with Gasteiger partial charge in [-0.3, -0.25) is 0 Å². The Kier molecular flexibility index (Phi) is 2.83. The minimum atomic E-state index is -0.974. The minimum absolute atomic E-state index is 0.209. The van der Waals surface area contributed by atoms with Crippen LogP contribution in [0.25, 0.3) is 17.1 Å². The predicted octanol–water partition coefficient (Wildman–Crippen LogP) is 2.53. The number of hydrogen-bond acceptors (Lipinski definition) is 4. The summed E-state index contributed by atoms with van der Waals surface area (Å²) in [4.78, 5) is 11.0. The third-order valence-electron chi connectivity index (χ3n) is 2.97. The third kappa shape index (κ3) is 2.07. The molecule has 0 amide bonds. The van der Waals surface area contributed by atoms with Crippen LogP contribution in [0.2, 0.25) is 0 Å². The van der Waals surface area contributed by atoms with E-state index >= 15 is 0 Å². The Morgan fingerprint density at radius 3 is 2.90 bits per heavy atom. The molecular weight excluding hydrogens is 258 g/mol. The first-order valence-corrected chi connectivity index (χ1v) is 5.96. The van der Waals surface area contributed by atoms with Gasteiger partial charge in [0.1, 0.15) is 5.69 Å². The number of rotatable bonds is 3. The minimum Gasteiger partial charge on any atom is -0.478 e. The van der Waals surface area contributed by atoms with E-state index in [1.165, 1.54) is 0 Å². The van der Waals surface area contributed by atoms with Crippen LogP contribution in [0, 0.1) is 6.92 Å². The van der Waals surface area contributed by atoms with Crippen LogP contribution < -0.4 is 0 Å². The molecule has 0 radical (unpaired) electrons. The van der Waals surface area contributed by atoms with E-state index in [-0.39, 0.29) is 5.56 Å². The third-order valence-corrected chi connectivity index (χ3v) is 2.97. The lowest BCUT2D eigenvalue weighted by atomic mass is 10.1. The Morgan fingerprint density at radius 2 is 2.20 bits per heavy atom. The maximum Gasteiger partial charge on any atom is 0.335 e. The molecule has 0 bridgehead atoms. The number of carbonyl (C=O) groups is 1. The lowest BCUT2D eigenvalue weighted by molar-refractivity contribution is 0.0697. The molecule has 0 saturated heterocycles. The van der Waals surface area contributed by atoms with Crippen LogP contribution in [0.3, 0.4) is 0 Å². The standard InChI is InChI=1S/C14H11N3O3/c1-9-4-5-10(14(18)19)7-12(9)17-8-11(15-16-17)13-3-2-6-20-13/h2-8H,1H3,(H,18,19). The molecule has 1 N–H and O–H groups in total. The number of aromatic carboxylic acids is 1. The maximum absolute atomic E-state index is 11.0. The van der Waals surface area contributed by atoms with Gasteiger partial charge >= 0.3 is 5.97 Å². The molecule has 2 aromatic heterocycles. The van der Waals surface area contributed by atoms with Crippen LogP contribution in [-0.4, -0.2) is 26.1 Å². The molecular formula is C14H11N3O3. The molecule has 3 aromatic rings. The fraction of sp³-hybridized carbons (Fsp3) is 0.0714. The molecule has 2 heterocycles. The summed E-state index contributed by atoms with van der Waals surface area (Å²) in [5, 5.41) is 17.1. The Bertz CT molecular complexity index is 760. The van der Waals surface area contributed by atoms with E-state index < -0.39 is 5.97 Å². The first-order chi connectivity index (χ1) is 9.65. The first kappa shape index (κ1) is 12.2. The Morgan fingerprint density at radius 1 is 1.35 bits per heavy atom. The van der Waals surface area contributed by atoms with Gasteiger partial charge in [0.25, 0.3) is 0 Å². The summed E-state index contributed by atoms with van der Waals surface area (Å²) < 4.78 is 6.79. The molecule has 0 aliphatic heterocycles. The second kappa shape index (κ2) is 4.65. The summed E-state index contributed by atoms with van der Waals surface area (Å²) in [5.41, 5.74) is 2.39. The van der Waals surface area contributed by atoms with Crippen molar-refractivity contribution in [1.82, 2.24) is 15.0 Å². The van der Waals surface area contributed by atoms with Crippen molar-refractivity contribution < 1.29 is 14.3 Å². The summed E-state index contributed by atoms with van der Waals surface area (Å²) in [6.45, 7) is 1.88. The highest BCUT2D eigenvalue weighted by atomic mass is 16.4. The number of benzene rings is 1. The molecule has 20 heavy (non-hydrogen) atoms. The molecule has 100 valence electrons. The SMILES string of the molecule is Cc1ccc(C(=O)O)cc1-n1cc(-c2ccco2)nn1. The summed E-state index contributed by atoms with van der Waals surface area (Å²) in [6, 6.07) is 8.43. The molecule has 0 aliphatic carbocycles. The van der Waals surface area contributed by atoms with Gasteiger partial charge < -0.3 is 9.52 Å². The highest BCUT2D eigenvalue weighted by Gasteiger charge is 2.11. The lowest BCUT2D eigenvalue weighted by Gasteiger charge is -2.05. The van der Waals surface area contributed by atoms with Gasteiger partial charge in [-0.05, 0) is 36.8 Å². The monoisotopic (exact) mass is 269 g/mol. The van der Waals surface area contributed by atoms with Gasteiger partial charge in [0, 0.05) is 0 Å². The molecule has 0 fully saturated rings. The van der Waals surface area contributed by atoms with Gasteiger partial charge in [-0.2, -0.15) is 0 Å². The van der Waals surface area contributed by atoms with Crippen molar-refractivity contribution in [2.24, 2.45) is 0 Å². The molecule has 0 aliphatic rings. The van der Waals surface area contributed by atoms with E-state index in [1.54, 1.807) is 47.5 Å². The highest BCUT2D eigenvalue weighted by Crippen LogP contribution is 2.20. The van der Waals surface area contributed by atoms with Crippen LogP contribution >= 0.6 is 0 Å². The van der Waals surface area contributed by atoms with Gasteiger partial charge in [0.05, 0.1) is 23.7 Å². The van der Waals surface area contributed by atoms with E-state index in [2.05, 4.69) is 10.3 Å². The second-order valence-corrected chi connectivity index (χ2v) is 4.33. The van der Waals surface area contributed by atoms with Crippen molar-refractivity contribution in [2.45, 2.75) is 6.92 Å². The Balaban J connectivity index is 2.05. The van der Waals surface area contributed by atoms with Crippen LogP contribution in [0.5, 0.6) is 0 Å². The number of carboxylic acids is 1. The van der Waals surface area contributed by atoms with Crippen molar-refractivity contribution in [2.75, 3.05) is 0 Å². The fourth-order valence-electron chi connectivity index (χ4n) is 1.91. The molecule has 6 nitrogen and oxygen atoms in total. The largest absolute Gasteiger partial charge is 0.478 e. The molecule has 6 heteroatoms. The molecule has 3 rings (SSSR count). The predicted molar refractivity (Wildman–Crippen MR) is 70.8 cm³/mol. The van der Waals surface area contributed by atoms with Crippen molar-refractivity contribution in [1.29, 1.82) is 0 Å². The van der Waals surface area contributed by atoms with E-state index in [1.807, 2.05) is 6.92 Å². The zero-order chi connectivity index (χ0) is 14.1. The van der Waals surface area contributed by atoms with Crippen molar-refractivity contribution in [3.63, 3.8) is 0 Å². The van der Waals surface area contributed by atoms with Crippen LogP contribution in [0.4, 0.5) is 0 Å². The van der Waals surface area contributed by atoms with Crippen LogP contribution in [0.15, 0.2) is 47.2 Å². The zero-order valence-corrected chi connectivity index (χ0v) is 10.6. The number of hydrogen-bond donors (Lipinski definition) is 1. The summed E-state index contributed by atoms with van der Waals surface area (Å²) in [5.74, 6) is -0.360. The molecule has 0 saturated carbocycles. The number of nitrogens with zero attached hydrogens (tertiary/aromatic N) is 3. The zero-order valence-electron chi connectivity index (χ0n) is 10.6. The van der Waals surface area contributed by atoms with Gasteiger partial charge in [-0.15, -0.1) is 5.10 Å². The van der Waals surface area contributed by atoms with Crippen molar-refractivity contribution >= 4 is 5.97 Å². The Hall–Kier alpha value is -2.89. The average Bonchev–Trinajstić information content (AvgIpc) is 3.10. The second-order valence-electron chi connectivity index (χ2n) is 4.33. The van der Waals surface area contributed by atoms with Gasteiger partial charge in [0.15, 0.2) is 5.76 Å². The topological polar surface area (TPSA) is 81.1 Å². The summed E-state index contributed by atoms with van der Waals surface area (Å²) in [7, 11) is 0. The average molecular weight is 269 g/mol.